The standard InChI is InChI=1S/C21H32N6O/c1-16-20(17(2)26(4)25-16)14-24-21(22-3)23-13-18-7-5-6-8-19(18)15-27-9-11-28-12-10-27/h5-8H,9-15H2,1-4H3,(H2,22,23,24). The first kappa shape index (κ1) is 20.4. The quantitative estimate of drug-likeness (QED) is 0.587. The fourth-order valence-electron chi connectivity index (χ4n) is 3.53. The van der Waals surface area contributed by atoms with Gasteiger partial charge >= 0.3 is 0 Å². The molecule has 0 atom stereocenters. The average molecular weight is 385 g/mol. The van der Waals surface area contributed by atoms with Gasteiger partial charge in [-0.05, 0) is 25.0 Å². The average Bonchev–Trinajstić information content (AvgIpc) is 2.95. The molecule has 1 fully saturated rings. The van der Waals surface area contributed by atoms with Crippen LogP contribution in [0.1, 0.15) is 28.1 Å². The maximum absolute atomic E-state index is 5.46. The zero-order chi connectivity index (χ0) is 19.9. The van der Waals surface area contributed by atoms with Gasteiger partial charge in [-0.25, -0.2) is 0 Å². The van der Waals surface area contributed by atoms with Crippen LogP contribution in [-0.2, 0) is 31.4 Å². The molecule has 7 nitrogen and oxygen atoms in total. The van der Waals surface area contributed by atoms with E-state index in [0.717, 1.165) is 51.0 Å². The van der Waals surface area contributed by atoms with Crippen LogP contribution in [0, 0.1) is 13.8 Å². The molecule has 2 N–H and O–H groups in total. The molecule has 1 aromatic carbocycles. The highest BCUT2D eigenvalue weighted by atomic mass is 16.5. The van der Waals surface area contributed by atoms with Gasteiger partial charge in [0.25, 0.3) is 0 Å². The summed E-state index contributed by atoms with van der Waals surface area (Å²) in [4.78, 5) is 6.82. The molecule has 0 amide bonds. The van der Waals surface area contributed by atoms with Crippen molar-refractivity contribution in [2.24, 2.45) is 12.0 Å². The van der Waals surface area contributed by atoms with Crippen molar-refractivity contribution < 1.29 is 4.74 Å². The second-order valence-corrected chi connectivity index (χ2v) is 7.21. The predicted octanol–water partition coefficient (Wildman–Crippen LogP) is 1.73. The highest BCUT2D eigenvalue weighted by molar-refractivity contribution is 5.79. The molecular weight excluding hydrogens is 352 g/mol. The molecule has 0 bridgehead atoms. The van der Waals surface area contributed by atoms with Gasteiger partial charge in [0.15, 0.2) is 5.96 Å². The first-order chi connectivity index (χ1) is 13.6. The smallest absolute Gasteiger partial charge is 0.191 e. The van der Waals surface area contributed by atoms with Gasteiger partial charge in [0.05, 0.1) is 18.9 Å². The second kappa shape index (κ2) is 9.71. The van der Waals surface area contributed by atoms with E-state index < -0.39 is 0 Å². The molecule has 1 aromatic heterocycles. The fourth-order valence-corrected chi connectivity index (χ4v) is 3.53. The summed E-state index contributed by atoms with van der Waals surface area (Å²) in [6.07, 6.45) is 0. The Balaban J connectivity index is 1.57. The van der Waals surface area contributed by atoms with Crippen molar-refractivity contribution in [1.29, 1.82) is 0 Å². The third-order valence-electron chi connectivity index (χ3n) is 5.38. The fraction of sp³-hybridized carbons (Fsp3) is 0.524. The number of nitrogens with one attached hydrogen (secondary N) is 2. The summed E-state index contributed by atoms with van der Waals surface area (Å²) >= 11 is 0. The molecule has 2 aromatic rings. The predicted molar refractivity (Wildman–Crippen MR) is 112 cm³/mol. The van der Waals surface area contributed by atoms with Crippen LogP contribution >= 0.6 is 0 Å². The Morgan fingerprint density at radius 2 is 1.79 bits per heavy atom. The van der Waals surface area contributed by atoms with E-state index in [4.69, 9.17) is 4.74 Å². The lowest BCUT2D eigenvalue weighted by atomic mass is 10.1. The molecule has 2 heterocycles. The Hall–Kier alpha value is -2.38. The molecule has 0 spiro atoms. The van der Waals surface area contributed by atoms with E-state index in [1.165, 1.54) is 22.4 Å². The van der Waals surface area contributed by atoms with E-state index in [1.54, 1.807) is 7.05 Å². The van der Waals surface area contributed by atoms with E-state index in [2.05, 4.69) is 56.8 Å². The lowest BCUT2D eigenvalue weighted by Crippen LogP contribution is -2.37. The number of ether oxygens (including phenoxy) is 1. The Kier molecular flexibility index (Phi) is 7.06. The Morgan fingerprint density at radius 3 is 2.43 bits per heavy atom. The van der Waals surface area contributed by atoms with Crippen LogP contribution in [0.4, 0.5) is 0 Å². The van der Waals surface area contributed by atoms with Crippen LogP contribution in [-0.4, -0.2) is 54.0 Å². The molecule has 0 aliphatic carbocycles. The van der Waals surface area contributed by atoms with E-state index >= 15 is 0 Å². The number of morpholine rings is 1. The van der Waals surface area contributed by atoms with E-state index in [-0.39, 0.29) is 0 Å². The van der Waals surface area contributed by atoms with Crippen LogP contribution in [0.3, 0.4) is 0 Å². The lowest BCUT2D eigenvalue weighted by molar-refractivity contribution is 0.0341. The molecule has 152 valence electrons. The summed E-state index contributed by atoms with van der Waals surface area (Å²) in [6.45, 7) is 10.2. The minimum atomic E-state index is 0.709. The molecule has 28 heavy (non-hydrogen) atoms. The monoisotopic (exact) mass is 384 g/mol. The zero-order valence-electron chi connectivity index (χ0n) is 17.5. The van der Waals surface area contributed by atoms with Crippen molar-refractivity contribution in [3.8, 4) is 0 Å². The van der Waals surface area contributed by atoms with Gasteiger partial charge in [0, 0.05) is 58.1 Å². The first-order valence-corrected chi connectivity index (χ1v) is 9.89. The molecule has 1 aliphatic heterocycles. The summed E-state index contributed by atoms with van der Waals surface area (Å²) in [5, 5.41) is 11.3. The number of hydrogen-bond donors (Lipinski definition) is 2. The van der Waals surface area contributed by atoms with E-state index in [9.17, 15) is 0 Å². The maximum Gasteiger partial charge on any atom is 0.191 e. The van der Waals surface area contributed by atoms with Crippen LogP contribution < -0.4 is 10.6 Å². The molecule has 0 unspecified atom stereocenters. The number of hydrogen-bond acceptors (Lipinski definition) is 4. The van der Waals surface area contributed by atoms with Crippen LogP contribution in [0.15, 0.2) is 29.3 Å². The number of aryl methyl sites for hydroxylation is 2. The van der Waals surface area contributed by atoms with Gasteiger partial charge in [-0.2, -0.15) is 5.10 Å². The summed E-state index contributed by atoms with van der Waals surface area (Å²) in [5.74, 6) is 0.795. The molecule has 0 radical (unpaired) electrons. The number of rotatable bonds is 6. The van der Waals surface area contributed by atoms with E-state index in [0.29, 0.717) is 6.54 Å². The van der Waals surface area contributed by atoms with E-state index in [1.807, 2.05) is 18.7 Å². The topological polar surface area (TPSA) is 66.7 Å². The normalized spacial score (nSPS) is 15.6. The van der Waals surface area contributed by atoms with Crippen molar-refractivity contribution >= 4 is 5.96 Å². The van der Waals surface area contributed by atoms with Crippen molar-refractivity contribution in [3.63, 3.8) is 0 Å². The highest BCUT2D eigenvalue weighted by Crippen LogP contribution is 2.13. The zero-order valence-corrected chi connectivity index (χ0v) is 17.5. The lowest BCUT2D eigenvalue weighted by Gasteiger charge is -2.27. The van der Waals surface area contributed by atoms with Crippen molar-refractivity contribution in [2.45, 2.75) is 33.5 Å². The van der Waals surface area contributed by atoms with Crippen LogP contribution in [0.5, 0.6) is 0 Å². The Bertz CT molecular complexity index is 807. The molecule has 1 saturated heterocycles. The SMILES string of the molecule is CN=C(NCc1ccccc1CN1CCOCC1)NCc1c(C)nn(C)c1C. The second-order valence-electron chi connectivity index (χ2n) is 7.21. The molecule has 3 rings (SSSR count). The van der Waals surface area contributed by atoms with Gasteiger partial charge in [0.1, 0.15) is 0 Å². The summed E-state index contributed by atoms with van der Waals surface area (Å²) in [6, 6.07) is 8.61. The van der Waals surface area contributed by atoms with Crippen LogP contribution in [0.25, 0.3) is 0 Å². The minimum absolute atomic E-state index is 0.709. The molecule has 1 aliphatic rings. The van der Waals surface area contributed by atoms with Crippen molar-refractivity contribution in [3.05, 3.63) is 52.3 Å². The van der Waals surface area contributed by atoms with Crippen LogP contribution in [0.2, 0.25) is 0 Å². The van der Waals surface area contributed by atoms with Gasteiger partial charge in [-0.1, -0.05) is 24.3 Å². The van der Waals surface area contributed by atoms with Gasteiger partial charge in [-0.3, -0.25) is 14.6 Å². The molecular formula is C21H32N6O. The summed E-state index contributed by atoms with van der Waals surface area (Å²) in [7, 11) is 3.78. The largest absolute Gasteiger partial charge is 0.379 e. The number of guanidine groups is 1. The Morgan fingerprint density at radius 1 is 1.11 bits per heavy atom. The first-order valence-electron chi connectivity index (χ1n) is 9.89. The Labute approximate surface area is 167 Å². The van der Waals surface area contributed by atoms with Gasteiger partial charge in [-0.15, -0.1) is 0 Å². The minimum Gasteiger partial charge on any atom is -0.379 e. The highest BCUT2D eigenvalue weighted by Gasteiger charge is 2.13. The number of nitrogens with zero attached hydrogens (tertiary/aromatic N) is 4. The molecule has 0 saturated carbocycles. The summed E-state index contributed by atoms with van der Waals surface area (Å²) < 4.78 is 7.38. The van der Waals surface area contributed by atoms with Gasteiger partial charge in [0.2, 0.25) is 0 Å². The van der Waals surface area contributed by atoms with Gasteiger partial charge < -0.3 is 15.4 Å². The maximum atomic E-state index is 5.46. The number of aromatic nitrogens is 2. The number of benzene rings is 1. The third-order valence-corrected chi connectivity index (χ3v) is 5.38. The number of aliphatic imine (C=N–C) groups is 1. The van der Waals surface area contributed by atoms with Crippen molar-refractivity contribution in [1.82, 2.24) is 25.3 Å². The third kappa shape index (κ3) is 5.11. The van der Waals surface area contributed by atoms with Crippen molar-refractivity contribution in [2.75, 3.05) is 33.4 Å². The molecule has 7 heteroatoms. The summed E-state index contributed by atoms with van der Waals surface area (Å²) in [5.41, 5.74) is 6.10.